The van der Waals surface area contributed by atoms with E-state index >= 15 is 0 Å². The Kier molecular flexibility index (Phi) is 5.83. The summed E-state index contributed by atoms with van der Waals surface area (Å²) in [5.74, 6) is 0.393. The summed E-state index contributed by atoms with van der Waals surface area (Å²) >= 11 is 0. The Morgan fingerprint density at radius 1 is 1.30 bits per heavy atom. The van der Waals surface area contributed by atoms with Gasteiger partial charge in [-0.25, -0.2) is 0 Å². The summed E-state index contributed by atoms with van der Waals surface area (Å²) in [6.45, 7) is 5.40. The molecule has 0 aromatic heterocycles. The number of hydrogen-bond donors (Lipinski definition) is 2. The molecule has 0 saturated carbocycles. The fourth-order valence-corrected chi connectivity index (χ4v) is 1.63. The van der Waals surface area contributed by atoms with Crippen LogP contribution in [0, 0.1) is 6.92 Å². The number of nitrogens with one attached hydrogen (secondary N) is 1. The van der Waals surface area contributed by atoms with E-state index in [-0.39, 0.29) is 6.04 Å². The first-order chi connectivity index (χ1) is 9.21. The SMILES string of the molecule is Cc1cccc(CNC(C)C)c1OCC(O)C(F)(F)F. The van der Waals surface area contributed by atoms with Crippen molar-refractivity contribution in [2.45, 2.75) is 45.6 Å². The van der Waals surface area contributed by atoms with Crippen molar-refractivity contribution in [3.8, 4) is 5.75 Å². The highest BCUT2D eigenvalue weighted by atomic mass is 19.4. The molecule has 0 fully saturated rings. The second-order valence-corrected chi connectivity index (χ2v) is 4.97. The largest absolute Gasteiger partial charge is 0.490 e. The van der Waals surface area contributed by atoms with Crippen molar-refractivity contribution < 1.29 is 23.0 Å². The van der Waals surface area contributed by atoms with E-state index in [1.807, 2.05) is 19.9 Å². The monoisotopic (exact) mass is 291 g/mol. The van der Waals surface area contributed by atoms with Gasteiger partial charge in [0.1, 0.15) is 12.4 Å². The third-order valence-electron chi connectivity index (χ3n) is 2.76. The summed E-state index contributed by atoms with van der Waals surface area (Å²) in [6, 6.07) is 5.62. The summed E-state index contributed by atoms with van der Waals surface area (Å²) in [6.07, 6.45) is -7.15. The maximum Gasteiger partial charge on any atom is 0.417 e. The van der Waals surface area contributed by atoms with E-state index in [0.29, 0.717) is 12.3 Å². The number of aryl methyl sites for hydroxylation is 1. The highest BCUT2D eigenvalue weighted by Gasteiger charge is 2.38. The van der Waals surface area contributed by atoms with Gasteiger partial charge >= 0.3 is 6.18 Å². The minimum absolute atomic E-state index is 0.254. The van der Waals surface area contributed by atoms with E-state index in [2.05, 4.69) is 5.32 Å². The van der Waals surface area contributed by atoms with Crippen molar-refractivity contribution in [2.75, 3.05) is 6.61 Å². The smallest absolute Gasteiger partial charge is 0.417 e. The second kappa shape index (κ2) is 6.95. The fourth-order valence-electron chi connectivity index (χ4n) is 1.63. The molecule has 0 aliphatic rings. The molecule has 0 aliphatic carbocycles. The van der Waals surface area contributed by atoms with Crippen LogP contribution in [-0.2, 0) is 6.54 Å². The van der Waals surface area contributed by atoms with Gasteiger partial charge in [0.2, 0.25) is 0 Å². The van der Waals surface area contributed by atoms with Crippen LogP contribution in [-0.4, -0.2) is 30.0 Å². The van der Waals surface area contributed by atoms with Gasteiger partial charge in [-0.1, -0.05) is 32.0 Å². The van der Waals surface area contributed by atoms with Gasteiger partial charge in [-0.15, -0.1) is 0 Å². The van der Waals surface area contributed by atoms with Crippen molar-refractivity contribution in [1.82, 2.24) is 5.32 Å². The molecule has 0 heterocycles. The summed E-state index contributed by atoms with van der Waals surface area (Å²) in [7, 11) is 0. The van der Waals surface area contributed by atoms with Crippen LogP contribution in [0.3, 0.4) is 0 Å². The number of benzene rings is 1. The molecule has 0 amide bonds. The molecular weight excluding hydrogens is 271 g/mol. The molecule has 6 heteroatoms. The number of para-hydroxylation sites is 1. The van der Waals surface area contributed by atoms with Crippen molar-refractivity contribution in [3.05, 3.63) is 29.3 Å². The lowest BCUT2D eigenvalue weighted by molar-refractivity contribution is -0.210. The van der Waals surface area contributed by atoms with Gasteiger partial charge in [0.15, 0.2) is 6.10 Å². The van der Waals surface area contributed by atoms with Gasteiger partial charge in [-0.05, 0) is 12.5 Å². The maximum absolute atomic E-state index is 12.3. The summed E-state index contributed by atoms with van der Waals surface area (Å²) in [5, 5.41) is 12.2. The normalized spacial score (nSPS) is 13.6. The summed E-state index contributed by atoms with van der Waals surface area (Å²) in [5.41, 5.74) is 1.51. The van der Waals surface area contributed by atoms with Crippen molar-refractivity contribution in [2.24, 2.45) is 0 Å². The molecule has 1 aromatic carbocycles. The average Bonchev–Trinajstić information content (AvgIpc) is 2.33. The number of rotatable bonds is 6. The zero-order valence-electron chi connectivity index (χ0n) is 11.8. The van der Waals surface area contributed by atoms with E-state index in [1.54, 1.807) is 19.1 Å². The number of hydrogen-bond acceptors (Lipinski definition) is 3. The quantitative estimate of drug-likeness (QED) is 0.847. The van der Waals surface area contributed by atoms with Crippen LogP contribution in [0.2, 0.25) is 0 Å². The molecule has 114 valence electrons. The van der Waals surface area contributed by atoms with Gasteiger partial charge in [0.05, 0.1) is 0 Å². The standard InChI is InChI=1S/C14H20F3NO2/c1-9(2)18-7-11-6-4-5-10(3)13(11)20-8-12(19)14(15,16)17/h4-6,9,12,18-19H,7-8H2,1-3H3. The number of aliphatic hydroxyl groups excluding tert-OH is 1. The predicted molar refractivity (Wildman–Crippen MR) is 70.7 cm³/mol. The Balaban J connectivity index is 2.77. The van der Waals surface area contributed by atoms with E-state index in [4.69, 9.17) is 9.84 Å². The Morgan fingerprint density at radius 2 is 1.95 bits per heavy atom. The molecule has 0 aliphatic heterocycles. The van der Waals surface area contributed by atoms with Gasteiger partial charge in [0.25, 0.3) is 0 Å². The molecule has 1 unspecified atom stereocenters. The molecule has 3 nitrogen and oxygen atoms in total. The molecule has 2 N–H and O–H groups in total. The van der Waals surface area contributed by atoms with Crippen LogP contribution in [0.15, 0.2) is 18.2 Å². The number of aliphatic hydroxyl groups is 1. The van der Waals surface area contributed by atoms with Gasteiger partial charge < -0.3 is 15.2 Å². The topological polar surface area (TPSA) is 41.5 Å². The van der Waals surface area contributed by atoms with E-state index in [9.17, 15) is 13.2 Å². The molecule has 1 rings (SSSR count). The molecule has 0 bridgehead atoms. The van der Waals surface area contributed by atoms with Crippen molar-refractivity contribution >= 4 is 0 Å². The lowest BCUT2D eigenvalue weighted by atomic mass is 10.1. The average molecular weight is 291 g/mol. The van der Waals surface area contributed by atoms with Crippen LogP contribution in [0.4, 0.5) is 13.2 Å². The zero-order valence-corrected chi connectivity index (χ0v) is 11.8. The molecule has 0 spiro atoms. The second-order valence-electron chi connectivity index (χ2n) is 4.97. The van der Waals surface area contributed by atoms with E-state index in [0.717, 1.165) is 11.1 Å². The molecular formula is C14H20F3NO2. The lowest BCUT2D eigenvalue weighted by Gasteiger charge is -2.19. The minimum atomic E-state index is -4.67. The Morgan fingerprint density at radius 3 is 2.50 bits per heavy atom. The third kappa shape index (κ3) is 5.02. The highest BCUT2D eigenvalue weighted by Crippen LogP contribution is 2.26. The first kappa shape index (κ1) is 16.8. The zero-order chi connectivity index (χ0) is 15.3. The van der Waals surface area contributed by atoms with Gasteiger partial charge in [-0.2, -0.15) is 13.2 Å². The van der Waals surface area contributed by atoms with Crippen LogP contribution in [0.25, 0.3) is 0 Å². The Labute approximate surface area is 116 Å². The van der Waals surface area contributed by atoms with E-state index in [1.165, 1.54) is 0 Å². The van der Waals surface area contributed by atoms with Crippen LogP contribution >= 0.6 is 0 Å². The first-order valence-electron chi connectivity index (χ1n) is 6.41. The lowest BCUT2D eigenvalue weighted by Crippen LogP contribution is -2.34. The maximum atomic E-state index is 12.3. The van der Waals surface area contributed by atoms with Crippen molar-refractivity contribution in [3.63, 3.8) is 0 Å². The van der Waals surface area contributed by atoms with Crippen LogP contribution < -0.4 is 10.1 Å². The number of halogens is 3. The Bertz CT molecular complexity index is 433. The molecule has 1 atom stereocenters. The molecule has 0 radical (unpaired) electrons. The predicted octanol–water partition coefficient (Wildman–Crippen LogP) is 2.80. The Hall–Kier alpha value is -1.27. The highest BCUT2D eigenvalue weighted by molar-refractivity contribution is 5.40. The molecule has 20 heavy (non-hydrogen) atoms. The summed E-state index contributed by atoms with van der Waals surface area (Å²) in [4.78, 5) is 0. The van der Waals surface area contributed by atoms with Gasteiger partial charge in [-0.3, -0.25) is 0 Å². The molecule has 0 saturated heterocycles. The van der Waals surface area contributed by atoms with Crippen LogP contribution in [0.1, 0.15) is 25.0 Å². The van der Waals surface area contributed by atoms with Gasteiger partial charge in [0, 0.05) is 18.2 Å². The van der Waals surface area contributed by atoms with Crippen molar-refractivity contribution in [1.29, 1.82) is 0 Å². The minimum Gasteiger partial charge on any atom is -0.490 e. The number of alkyl halides is 3. The first-order valence-corrected chi connectivity index (χ1v) is 6.41. The van der Waals surface area contributed by atoms with E-state index < -0.39 is 18.9 Å². The fraction of sp³-hybridized carbons (Fsp3) is 0.571. The molecule has 1 aromatic rings. The third-order valence-corrected chi connectivity index (χ3v) is 2.76. The number of ether oxygens (including phenoxy) is 1. The summed E-state index contributed by atoms with van der Waals surface area (Å²) < 4.78 is 42.0. The van der Waals surface area contributed by atoms with Crippen LogP contribution in [0.5, 0.6) is 5.75 Å².